The summed E-state index contributed by atoms with van der Waals surface area (Å²) in [4.78, 5) is 0. The van der Waals surface area contributed by atoms with E-state index in [1.165, 1.54) is 0 Å². The molecule has 0 amide bonds. The number of rotatable bonds is 1. The van der Waals surface area contributed by atoms with E-state index in [1.807, 2.05) is 0 Å². The lowest BCUT2D eigenvalue weighted by Crippen LogP contribution is -2.60. The van der Waals surface area contributed by atoms with Crippen molar-refractivity contribution in [3.63, 3.8) is 0 Å². The number of fused-ring (bicyclic) bond motifs is 2. The van der Waals surface area contributed by atoms with Crippen molar-refractivity contribution in [1.29, 1.82) is 0 Å². The Hall–Kier alpha value is -0.220. The van der Waals surface area contributed by atoms with Crippen LogP contribution in [0.15, 0.2) is 0 Å². The molecule has 2 aliphatic rings. The second-order valence-corrected chi connectivity index (χ2v) is 5.21. The van der Waals surface area contributed by atoms with Gasteiger partial charge in [-0.2, -0.15) is 0 Å². The van der Waals surface area contributed by atoms with E-state index in [4.69, 9.17) is 10.8 Å². The van der Waals surface area contributed by atoms with Crippen LogP contribution in [-0.4, -0.2) is 28.6 Å². The molecule has 0 aromatic rings. The topological polar surface area (TPSA) is 46.2 Å². The smallest absolute Gasteiger partial charge is 0.138 e. The van der Waals surface area contributed by atoms with Crippen molar-refractivity contribution < 1.29 is 13.9 Å². The van der Waals surface area contributed by atoms with E-state index >= 15 is 0 Å². The van der Waals surface area contributed by atoms with Crippen molar-refractivity contribution in [3.8, 4) is 0 Å². The molecule has 2 rings (SSSR count). The highest BCUT2D eigenvalue weighted by atomic mass is 19.2. The van der Waals surface area contributed by atoms with Gasteiger partial charge in [0.2, 0.25) is 0 Å². The Morgan fingerprint density at radius 2 is 1.86 bits per heavy atom. The third-order valence-electron chi connectivity index (χ3n) is 3.55. The highest BCUT2D eigenvalue weighted by Gasteiger charge is 2.56. The first-order chi connectivity index (χ1) is 6.39. The minimum absolute atomic E-state index is 0.0994. The zero-order valence-corrected chi connectivity index (χ0v) is 8.23. The van der Waals surface area contributed by atoms with Crippen LogP contribution in [0.5, 0.6) is 0 Å². The third kappa shape index (κ3) is 1.65. The van der Waals surface area contributed by atoms with Crippen molar-refractivity contribution in [3.05, 3.63) is 0 Å². The molecule has 4 heteroatoms. The van der Waals surface area contributed by atoms with Crippen LogP contribution in [0.25, 0.3) is 0 Å². The normalized spacial score (nSPS) is 53.1. The average Bonchev–Trinajstić information content (AvgIpc) is 1.99. The first-order valence-electron chi connectivity index (χ1n) is 5.16. The van der Waals surface area contributed by atoms with Crippen LogP contribution < -0.4 is 5.73 Å². The van der Waals surface area contributed by atoms with E-state index in [1.54, 1.807) is 0 Å². The SMILES string of the molecule is NC12CCCC(F)(C1)CC(F)(CO)C2. The highest BCUT2D eigenvalue weighted by Crippen LogP contribution is 2.51. The fourth-order valence-corrected chi connectivity index (χ4v) is 3.24. The van der Waals surface area contributed by atoms with Gasteiger partial charge in [0.25, 0.3) is 0 Å². The van der Waals surface area contributed by atoms with Crippen LogP contribution in [0.1, 0.15) is 38.5 Å². The van der Waals surface area contributed by atoms with E-state index in [0.717, 1.165) is 6.42 Å². The van der Waals surface area contributed by atoms with Crippen molar-refractivity contribution >= 4 is 0 Å². The molecule has 82 valence electrons. The summed E-state index contributed by atoms with van der Waals surface area (Å²) in [6, 6.07) is 0. The van der Waals surface area contributed by atoms with Crippen LogP contribution >= 0.6 is 0 Å². The minimum Gasteiger partial charge on any atom is -0.393 e. The maximum Gasteiger partial charge on any atom is 0.138 e. The van der Waals surface area contributed by atoms with Crippen LogP contribution in [-0.2, 0) is 0 Å². The van der Waals surface area contributed by atoms with Gasteiger partial charge in [-0.25, -0.2) is 8.78 Å². The Bertz CT molecular complexity index is 226. The summed E-state index contributed by atoms with van der Waals surface area (Å²) in [7, 11) is 0. The Kier molecular flexibility index (Phi) is 2.13. The van der Waals surface area contributed by atoms with Crippen molar-refractivity contribution in [2.75, 3.05) is 6.61 Å². The molecule has 2 saturated carbocycles. The van der Waals surface area contributed by atoms with Crippen LogP contribution in [0.3, 0.4) is 0 Å². The van der Waals surface area contributed by atoms with Gasteiger partial charge in [-0.15, -0.1) is 0 Å². The number of alkyl halides is 2. The van der Waals surface area contributed by atoms with Gasteiger partial charge in [0.1, 0.15) is 11.3 Å². The van der Waals surface area contributed by atoms with E-state index in [9.17, 15) is 8.78 Å². The monoisotopic (exact) mass is 205 g/mol. The van der Waals surface area contributed by atoms with Gasteiger partial charge in [0.15, 0.2) is 0 Å². The standard InChI is InChI=1S/C10H17F2NO/c11-8-2-1-3-10(13,5-8)6-9(12,4-8)7-14/h14H,1-7,13H2. The largest absolute Gasteiger partial charge is 0.393 e. The summed E-state index contributed by atoms with van der Waals surface area (Å²) in [6.45, 7) is -0.613. The number of nitrogens with two attached hydrogens (primary N) is 1. The second-order valence-electron chi connectivity index (χ2n) is 5.21. The summed E-state index contributed by atoms with van der Waals surface area (Å²) in [5, 5.41) is 8.94. The molecule has 0 saturated heterocycles. The first-order valence-corrected chi connectivity index (χ1v) is 5.16. The van der Waals surface area contributed by atoms with Crippen LogP contribution in [0.4, 0.5) is 8.78 Å². The average molecular weight is 205 g/mol. The summed E-state index contributed by atoms with van der Waals surface area (Å²) in [6.07, 6.45) is 1.96. The van der Waals surface area contributed by atoms with Gasteiger partial charge in [-0.05, 0) is 25.7 Å². The van der Waals surface area contributed by atoms with Gasteiger partial charge in [0.05, 0.1) is 6.61 Å². The first kappa shape index (κ1) is 10.3. The summed E-state index contributed by atoms with van der Waals surface area (Å²) < 4.78 is 28.0. The predicted octanol–water partition coefficient (Wildman–Crippen LogP) is 1.46. The quantitative estimate of drug-likeness (QED) is 0.680. The molecule has 2 nitrogen and oxygen atoms in total. The molecule has 0 aromatic carbocycles. The Balaban J connectivity index is 2.25. The Morgan fingerprint density at radius 1 is 1.14 bits per heavy atom. The molecule has 14 heavy (non-hydrogen) atoms. The number of hydrogen-bond acceptors (Lipinski definition) is 2. The number of halogens is 2. The molecule has 2 bridgehead atoms. The third-order valence-corrected chi connectivity index (χ3v) is 3.55. The molecule has 0 radical (unpaired) electrons. The lowest BCUT2D eigenvalue weighted by Gasteiger charge is -2.51. The van der Waals surface area contributed by atoms with Gasteiger partial charge < -0.3 is 10.8 Å². The molecule has 2 fully saturated rings. The van der Waals surface area contributed by atoms with E-state index in [-0.39, 0.29) is 19.3 Å². The van der Waals surface area contributed by atoms with E-state index in [2.05, 4.69) is 0 Å². The molecule has 0 aliphatic heterocycles. The van der Waals surface area contributed by atoms with Gasteiger partial charge in [0, 0.05) is 18.4 Å². The van der Waals surface area contributed by atoms with Gasteiger partial charge in [-0.1, -0.05) is 0 Å². The number of aliphatic hydroxyl groups is 1. The lowest BCUT2D eigenvalue weighted by atomic mass is 9.61. The molecule has 0 spiro atoms. The number of hydrogen-bond donors (Lipinski definition) is 2. The fraction of sp³-hybridized carbons (Fsp3) is 1.00. The molecule has 3 atom stereocenters. The lowest BCUT2D eigenvalue weighted by molar-refractivity contribution is -0.0897. The Morgan fingerprint density at radius 3 is 2.43 bits per heavy atom. The predicted molar refractivity (Wildman–Crippen MR) is 49.4 cm³/mol. The van der Waals surface area contributed by atoms with E-state index < -0.39 is 23.5 Å². The summed E-state index contributed by atoms with van der Waals surface area (Å²) >= 11 is 0. The number of aliphatic hydroxyl groups excluding tert-OH is 1. The molecule has 3 N–H and O–H groups in total. The van der Waals surface area contributed by atoms with Crippen LogP contribution in [0.2, 0.25) is 0 Å². The zero-order valence-electron chi connectivity index (χ0n) is 8.23. The summed E-state index contributed by atoms with van der Waals surface area (Å²) in [5.41, 5.74) is 1.93. The molecular weight excluding hydrogens is 188 g/mol. The Labute approximate surface area is 82.5 Å². The van der Waals surface area contributed by atoms with Crippen LogP contribution in [0, 0.1) is 0 Å². The van der Waals surface area contributed by atoms with Crippen molar-refractivity contribution in [1.82, 2.24) is 0 Å². The molecule has 3 unspecified atom stereocenters. The molecule has 0 heterocycles. The molecule has 2 aliphatic carbocycles. The van der Waals surface area contributed by atoms with Crippen molar-refractivity contribution in [2.45, 2.75) is 55.4 Å². The minimum atomic E-state index is -1.80. The fourth-order valence-electron chi connectivity index (χ4n) is 3.24. The second kappa shape index (κ2) is 2.89. The van der Waals surface area contributed by atoms with Gasteiger partial charge >= 0.3 is 0 Å². The maximum atomic E-state index is 14.1. The highest BCUT2D eigenvalue weighted by molar-refractivity contribution is 5.10. The maximum absolute atomic E-state index is 14.1. The zero-order chi connectivity index (χ0) is 10.4. The van der Waals surface area contributed by atoms with E-state index in [0.29, 0.717) is 12.8 Å². The summed E-state index contributed by atoms with van der Waals surface area (Å²) in [5.74, 6) is 0. The van der Waals surface area contributed by atoms with Crippen molar-refractivity contribution in [2.24, 2.45) is 5.73 Å². The molecular formula is C10H17F2NO. The molecule has 0 aromatic heterocycles. The van der Waals surface area contributed by atoms with Gasteiger partial charge in [-0.3, -0.25) is 0 Å².